The molecule has 0 aliphatic carbocycles. The fourth-order valence-corrected chi connectivity index (χ4v) is 1.93. The van der Waals surface area contributed by atoms with E-state index in [1.54, 1.807) is 0 Å². The highest BCUT2D eigenvalue weighted by Crippen LogP contribution is 2.24. The molecule has 1 N–H and O–H groups in total. The van der Waals surface area contributed by atoms with Crippen LogP contribution in [0.2, 0.25) is 0 Å². The van der Waals surface area contributed by atoms with Crippen LogP contribution in [0.5, 0.6) is 11.5 Å². The number of alkyl halides is 3. The third kappa shape index (κ3) is 6.17. The maximum atomic E-state index is 13.7. The highest BCUT2D eigenvalue weighted by atomic mass is 19.4. The molecule has 0 bridgehead atoms. The van der Waals surface area contributed by atoms with Crippen LogP contribution in [0.3, 0.4) is 0 Å². The number of halogens is 4. The molecule has 0 spiro atoms. The van der Waals surface area contributed by atoms with Gasteiger partial charge in [-0.25, -0.2) is 9.18 Å². The number of methoxy groups -OCH3 is 1. The monoisotopic (exact) mass is 387 g/mol. The van der Waals surface area contributed by atoms with Gasteiger partial charge in [-0.1, -0.05) is 0 Å². The lowest BCUT2D eigenvalue weighted by molar-refractivity contribution is -0.274. The minimum absolute atomic E-state index is 0.154. The molecule has 0 heterocycles. The molecule has 0 radical (unpaired) electrons. The molecule has 6 nitrogen and oxygen atoms in total. The van der Waals surface area contributed by atoms with Crippen LogP contribution in [-0.4, -0.2) is 32.0 Å². The van der Waals surface area contributed by atoms with Crippen molar-refractivity contribution in [1.82, 2.24) is 0 Å². The Morgan fingerprint density at radius 2 is 1.67 bits per heavy atom. The van der Waals surface area contributed by atoms with Crippen LogP contribution in [0.1, 0.15) is 10.4 Å². The topological polar surface area (TPSA) is 73.9 Å². The van der Waals surface area contributed by atoms with E-state index in [-0.39, 0.29) is 17.0 Å². The standard InChI is InChI=1S/C17H13F4NO5/c1-25-12-6-7-13(14(18)8-12)16(24)26-9-15(23)22-10-2-4-11(5-3-10)27-17(19,20)21/h2-8H,9H2,1H3,(H,22,23). The van der Waals surface area contributed by atoms with Crippen LogP contribution in [0.4, 0.5) is 23.2 Å². The highest BCUT2D eigenvalue weighted by Gasteiger charge is 2.31. The summed E-state index contributed by atoms with van der Waals surface area (Å²) in [5.74, 6) is -2.94. The Morgan fingerprint density at radius 3 is 2.22 bits per heavy atom. The smallest absolute Gasteiger partial charge is 0.497 e. The largest absolute Gasteiger partial charge is 0.573 e. The lowest BCUT2D eigenvalue weighted by atomic mass is 10.2. The van der Waals surface area contributed by atoms with Gasteiger partial charge in [0.2, 0.25) is 0 Å². The lowest BCUT2D eigenvalue weighted by Gasteiger charge is -2.10. The Morgan fingerprint density at radius 1 is 1.04 bits per heavy atom. The number of ether oxygens (including phenoxy) is 3. The van der Waals surface area contributed by atoms with Gasteiger partial charge in [-0.3, -0.25) is 4.79 Å². The Bertz CT molecular complexity index is 821. The fourth-order valence-electron chi connectivity index (χ4n) is 1.93. The summed E-state index contributed by atoms with van der Waals surface area (Å²) < 4.78 is 63.1. The molecule has 0 aliphatic rings. The Labute approximate surface area is 150 Å². The van der Waals surface area contributed by atoms with Crippen molar-refractivity contribution in [2.75, 3.05) is 19.0 Å². The van der Waals surface area contributed by atoms with Crippen molar-refractivity contribution < 1.29 is 41.4 Å². The number of benzene rings is 2. The van der Waals surface area contributed by atoms with E-state index in [0.717, 1.165) is 24.3 Å². The van der Waals surface area contributed by atoms with Gasteiger partial charge in [0.05, 0.1) is 12.7 Å². The fraction of sp³-hybridized carbons (Fsp3) is 0.176. The maximum absolute atomic E-state index is 13.7. The van der Waals surface area contributed by atoms with Gasteiger partial charge in [-0.2, -0.15) is 0 Å². The van der Waals surface area contributed by atoms with E-state index in [2.05, 4.69) is 10.1 Å². The minimum atomic E-state index is -4.82. The first-order valence-corrected chi connectivity index (χ1v) is 7.34. The quantitative estimate of drug-likeness (QED) is 0.606. The average molecular weight is 387 g/mol. The van der Waals surface area contributed by atoms with Gasteiger partial charge in [0.1, 0.15) is 17.3 Å². The first-order valence-electron chi connectivity index (χ1n) is 7.34. The molecule has 0 unspecified atom stereocenters. The van der Waals surface area contributed by atoms with Crippen molar-refractivity contribution in [2.24, 2.45) is 0 Å². The normalized spacial score (nSPS) is 10.9. The van der Waals surface area contributed by atoms with Crippen molar-refractivity contribution in [1.29, 1.82) is 0 Å². The average Bonchev–Trinajstić information content (AvgIpc) is 2.60. The second kappa shape index (κ2) is 8.39. The summed E-state index contributed by atoms with van der Waals surface area (Å²) in [6.45, 7) is -0.717. The summed E-state index contributed by atoms with van der Waals surface area (Å²) >= 11 is 0. The number of hydrogen-bond donors (Lipinski definition) is 1. The van der Waals surface area contributed by atoms with Crippen molar-refractivity contribution in [3.63, 3.8) is 0 Å². The predicted molar refractivity (Wildman–Crippen MR) is 85.0 cm³/mol. The zero-order chi connectivity index (χ0) is 20.0. The first-order chi connectivity index (χ1) is 12.7. The minimum Gasteiger partial charge on any atom is -0.497 e. The molecule has 27 heavy (non-hydrogen) atoms. The number of rotatable bonds is 6. The van der Waals surface area contributed by atoms with Crippen LogP contribution >= 0.6 is 0 Å². The molecule has 144 valence electrons. The van der Waals surface area contributed by atoms with E-state index in [1.807, 2.05) is 0 Å². The summed E-state index contributed by atoms with van der Waals surface area (Å²) in [6.07, 6.45) is -4.82. The Hall–Kier alpha value is -3.30. The molecule has 0 atom stereocenters. The summed E-state index contributed by atoms with van der Waals surface area (Å²) in [5, 5.41) is 2.30. The number of carbonyl (C=O) groups excluding carboxylic acids is 2. The van der Waals surface area contributed by atoms with Gasteiger partial charge in [-0.15, -0.1) is 13.2 Å². The van der Waals surface area contributed by atoms with Crippen LogP contribution in [0.25, 0.3) is 0 Å². The predicted octanol–water partition coefficient (Wildman–Crippen LogP) is 3.53. The van der Waals surface area contributed by atoms with E-state index in [1.165, 1.54) is 25.3 Å². The van der Waals surface area contributed by atoms with E-state index in [4.69, 9.17) is 9.47 Å². The Kier molecular flexibility index (Phi) is 6.22. The summed E-state index contributed by atoms with van der Waals surface area (Å²) in [4.78, 5) is 23.5. The second-order valence-electron chi connectivity index (χ2n) is 5.04. The number of esters is 1. The van der Waals surface area contributed by atoms with E-state index in [0.29, 0.717) is 0 Å². The number of amides is 1. The SMILES string of the molecule is COc1ccc(C(=O)OCC(=O)Nc2ccc(OC(F)(F)F)cc2)c(F)c1. The van der Waals surface area contributed by atoms with Gasteiger partial charge in [0.25, 0.3) is 5.91 Å². The van der Waals surface area contributed by atoms with Crippen LogP contribution in [0, 0.1) is 5.82 Å². The van der Waals surface area contributed by atoms with Gasteiger partial charge in [-0.05, 0) is 36.4 Å². The molecule has 10 heteroatoms. The molecular formula is C17H13F4NO5. The van der Waals surface area contributed by atoms with Crippen molar-refractivity contribution in [3.8, 4) is 11.5 Å². The van der Waals surface area contributed by atoms with Gasteiger partial charge in [0, 0.05) is 11.8 Å². The third-order valence-corrected chi connectivity index (χ3v) is 3.10. The number of carbonyl (C=O) groups is 2. The summed E-state index contributed by atoms with van der Waals surface area (Å²) in [6, 6.07) is 7.83. The highest BCUT2D eigenvalue weighted by molar-refractivity contribution is 5.95. The van der Waals surface area contributed by atoms with E-state index in [9.17, 15) is 27.2 Å². The molecule has 0 saturated heterocycles. The molecule has 2 rings (SSSR count). The third-order valence-electron chi connectivity index (χ3n) is 3.10. The molecule has 0 fully saturated rings. The van der Waals surface area contributed by atoms with E-state index >= 15 is 0 Å². The number of anilines is 1. The van der Waals surface area contributed by atoms with Crippen LogP contribution < -0.4 is 14.8 Å². The van der Waals surface area contributed by atoms with Crippen molar-refractivity contribution in [3.05, 3.63) is 53.8 Å². The first kappa shape index (κ1) is 20.0. The molecule has 1 amide bonds. The lowest BCUT2D eigenvalue weighted by Crippen LogP contribution is -2.21. The molecule has 2 aromatic rings. The maximum Gasteiger partial charge on any atom is 0.573 e. The van der Waals surface area contributed by atoms with Crippen molar-refractivity contribution >= 4 is 17.6 Å². The summed E-state index contributed by atoms with van der Waals surface area (Å²) in [7, 11) is 1.33. The Balaban J connectivity index is 1.88. The zero-order valence-corrected chi connectivity index (χ0v) is 13.8. The molecule has 2 aromatic carbocycles. The van der Waals surface area contributed by atoms with Gasteiger partial charge in [0.15, 0.2) is 6.61 Å². The molecular weight excluding hydrogens is 374 g/mol. The second-order valence-corrected chi connectivity index (χ2v) is 5.04. The number of hydrogen-bond acceptors (Lipinski definition) is 5. The summed E-state index contributed by atoms with van der Waals surface area (Å²) in [5.41, 5.74) is -0.224. The van der Waals surface area contributed by atoms with E-state index < -0.39 is 36.4 Å². The zero-order valence-electron chi connectivity index (χ0n) is 13.8. The van der Waals surface area contributed by atoms with Gasteiger partial charge >= 0.3 is 12.3 Å². The number of nitrogens with one attached hydrogen (secondary N) is 1. The van der Waals surface area contributed by atoms with Gasteiger partial charge < -0.3 is 19.5 Å². The van der Waals surface area contributed by atoms with Crippen LogP contribution in [-0.2, 0) is 9.53 Å². The van der Waals surface area contributed by atoms with Crippen LogP contribution in [0.15, 0.2) is 42.5 Å². The van der Waals surface area contributed by atoms with Crippen molar-refractivity contribution in [2.45, 2.75) is 6.36 Å². The molecule has 0 aliphatic heterocycles. The molecule has 0 aromatic heterocycles. The molecule has 0 saturated carbocycles.